The van der Waals surface area contributed by atoms with E-state index < -0.39 is 0 Å². The lowest BCUT2D eigenvalue weighted by molar-refractivity contribution is 0.0951. The Labute approximate surface area is 157 Å². The van der Waals surface area contributed by atoms with E-state index in [1.807, 2.05) is 57.1 Å². The lowest BCUT2D eigenvalue weighted by Gasteiger charge is -2.12. The van der Waals surface area contributed by atoms with Gasteiger partial charge < -0.3 is 25.6 Å². The van der Waals surface area contributed by atoms with E-state index in [0.29, 0.717) is 38.4 Å². The number of nitrogens with one attached hydrogen (secondary N) is 3. The van der Waals surface area contributed by atoms with E-state index in [0.717, 1.165) is 24.6 Å². The average Bonchev–Trinajstić information content (AvgIpc) is 2.63. The molecule has 0 spiro atoms. The van der Waals surface area contributed by atoms with Crippen LogP contribution in [0.1, 0.15) is 29.8 Å². The minimum atomic E-state index is -0.0561. The molecule has 1 aromatic rings. The first-order chi connectivity index (χ1) is 12.6. The number of guanidine groups is 1. The van der Waals surface area contributed by atoms with Crippen molar-refractivity contribution in [1.82, 2.24) is 20.9 Å². The van der Waals surface area contributed by atoms with Gasteiger partial charge in [-0.25, -0.2) is 4.99 Å². The fraction of sp³-hybridized carbons (Fsp3) is 0.579. The maximum Gasteiger partial charge on any atom is 0.251 e. The van der Waals surface area contributed by atoms with Gasteiger partial charge >= 0.3 is 0 Å². The van der Waals surface area contributed by atoms with Gasteiger partial charge in [-0.1, -0.05) is 12.1 Å². The number of likely N-dealkylation sites (N-methyl/N-ethyl adjacent to an activating group) is 1. The van der Waals surface area contributed by atoms with Gasteiger partial charge in [0.05, 0.1) is 13.2 Å². The number of benzene rings is 1. The van der Waals surface area contributed by atoms with Gasteiger partial charge in [0, 0.05) is 38.3 Å². The molecule has 0 aromatic heterocycles. The first kappa shape index (κ1) is 21.9. The monoisotopic (exact) mass is 363 g/mol. The predicted octanol–water partition coefficient (Wildman–Crippen LogP) is 1.07. The number of ether oxygens (including phenoxy) is 1. The van der Waals surface area contributed by atoms with Crippen molar-refractivity contribution in [3.05, 3.63) is 35.4 Å². The van der Waals surface area contributed by atoms with Crippen LogP contribution in [0.15, 0.2) is 29.3 Å². The molecule has 0 fully saturated rings. The number of carbonyl (C=O) groups excluding carboxylic acids is 1. The predicted molar refractivity (Wildman–Crippen MR) is 107 cm³/mol. The molecule has 0 heterocycles. The molecule has 0 atom stereocenters. The zero-order chi connectivity index (χ0) is 19.2. The summed E-state index contributed by atoms with van der Waals surface area (Å²) in [7, 11) is 3.96. The van der Waals surface area contributed by atoms with Crippen molar-refractivity contribution in [2.24, 2.45) is 4.99 Å². The molecule has 0 aliphatic carbocycles. The molecule has 146 valence electrons. The summed E-state index contributed by atoms with van der Waals surface area (Å²) in [5, 5.41) is 9.36. The quantitative estimate of drug-likeness (QED) is 0.311. The van der Waals surface area contributed by atoms with Gasteiger partial charge in [-0.3, -0.25) is 4.79 Å². The molecule has 0 saturated heterocycles. The molecule has 1 aromatic carbocycles. The van der Waals surface area contributed by atoms with Gasteiger partial charge in [0.1, 0.15) is 0 Å². The Balaban J connectivity index is 2.60. The molecular weight excluding hydrogens is 330 g/mol. The van der Waals surface area contributed by atoms with E-state index in [1.165, 1.54) is 0 Å². The summed E-state index contributed by atoms with van der Waals surface area (Å²) in [6.45, 7) is 8.78. The molecule has 0 radical (unpaired) electrons. The maximum atomic E-state index is 12.2. The Hall–Kier alpha value is -2.12. The third-order valence-electron chi connectivity index (χ3n) is 3.54. The minimum Gasteiger partial charge on any atom is -0.380 e. The van der Waals surface area contributed by atoms with E-state index in [9.17, 15) is 4.79 Å². The average molecular weight is 364 g/mol. The molecule has 1 amide bonds. The second kappa shape index (κ2) is 13.1. The molecule has 0 aliphatic rings. The highest BCUT2D eigenvalue weighted by Crippen LogP contribution is 2.06. The second-order valence-electron chi connectivity index (χ2n) is 6.08. The van der Waals surface area contributed by atoms with Crippen LogP contribution < -0.4 is 16.0 Å². The standard InChI is InChI=1S/C19H33N5O2/c1-5-20-19(22-11-13-26-6-2)23-15-16-8-7-9-17(14-16)18(25)21-10-12-24(3)4/h7-9,14H,5-6,10-13,15H2,1-4H3,(H,21,25)(H2,20,22,23). The van der Waals surface area contributed by atoms with Gasteiger partial charge in [0.15, 0.2) is 5.96 Å². The van der Waals surface area contributed by atoms with E-state index in [2.05, 4.69) is 20.9 Å². The lowest BCUT2D eigenvalue weighted by atomic mass is 10.1. The van der Waals surface area contributed by atoms with Crippen LogP contribution >= 0.6 is 0 Å². The van der Waals surface area contributed by atoms with Crippen LogP contribution in [0.4, 0.5) is 0 Å². The molecule has 0 saturated carbocycles. The minimum absolute atomic E-state index is 0.0561. The highest BCUT2D eigenvalue weighted by atomic mass is 16.5. The Bertz CT molecular complexity index is 561. The number of aliphatic imine (C=N–C) groups is 1. The molecule has 0 unspecified atom stereocenters. The number of nitrogens with zero attached hydrogens (tertiary/aromatic N) is 2. The molecule has 26 heavy (non-hydrogen) atoms. The van der Waals surface area contributed by atoms with Gasteiger partial charge in [0.2, 0.25) is 0 Å². The number of carbonyl (C=O) groups is 1. The zero-order valence-corrected chi connectivity index (χ0v) is 16.5. The Morgan fingerprint density at radius 3 is 2.65 bits per heavy atom. The fourth-order valence-electron chi connectivity index (χ4n) is 2.20. The highest BCUT2D eigenvalue weighted by molar-refractivity contribution is 5.94. The molecule has 1 rings (SSSR count). The van der Waals surface area contributed by atoms with E-state index in [-0.39, 0.29) is 5.91 Å². The lowest BCUT2D eigenvalue weighted by Crippen LogP contribution is -2.39. The van der Waals surface area contributed by atoms with Crippen molar-refractivity contribution in [2.75, 3.05) is 53.5 Å². The van der Waals surface area contributed by atoms with Crippen LogP contribution in [0.2, 0.25) is 0 Å². The van der Waals surface area contributed by atoms with Crippen molar-refractivity contribution in [2.45, 2.75) is 20.4 Å². The highest BCUT2D eigenvalue weighted by Gasteiger charge is 2.06. The van der Waals surface area contributed by atoms with Crippen LogP contribution in [-0.4, -0.2) is 70.3 Å². The number of rotatable bonds is 11. The van der Waals surface area contributed by atoms with Crippen molar-refractivity contribution in [1.29, 1.82) is 0 Å². The van der Waals surface area contributed by atoms with E-state index >= 15 is 0 Å². The number of hydrogen-bond acceptors (Lipinski definition) is 4. The number of amides is 1. The van der Waals surface area contributed by atoms with Gasteiger partial charge in [-0.2, -0.15) is 0 Å². The molecule has 0 aliphatic heterocycles. The van der Waals surface area contributed by atoms with Crippen LogP contribution in [0.5, 0.6) is 0 Å². The second-order valence-corrected chi connectivity index (χ2v) is 6.08. The largest absolute Gasteiger partial charge is 0.380 e. The van der Waals surface area contributed by atoms with Gasteiger partial charge in [-0.05, 0) is 45.6 Å². The van der Waals surface area contributed by atoms with Gasteiger partial charge in [0.25, 0.3) is 5.91 Å². The summed E-state index contributed by atoms with van der Waals surface area (Å²) >= 11 is 0. The fourth-order valence-corrected chi connectivity index (χ4v) is 2.20. The summed E-state index contributed by atoms with van der Waals surface area (Å²) in [4.78, 5) is 18.8. The molecule has 7 heteroatoms. The summed E-state index contributed by atoms with van der Waals surface area (Å²) < 4.78 is 5.32. The van der Waals surface area contributed by atoms with Crippen LogP contribution in [0, 0.1) is 0 Å². The zero-order valence-electron chi connectivity index (χ0n) is 16.5. The van der Waals surface area contributed by atoms with E-state index in [4.69, 9.17) is 4.74 Å². The van der Waals surface area contributed by atoms with E-state index in [1.54, 1.807) is 0 Å². The Morgan fingerprint density at radius 1 is 1.15 bits per heavy atom. The number of hydrogen-bond donors (Lipinski definition) is 3. The van der Waals surface area contributed by atoms with Crippen LogP contribution in [0.3, 0.4) is 0 Å². The van der Waals surface area contributed by atoms with Crippen molar-refractivity contribution in [3.63, 3.8) is 0 Å². The van der Waals surface area contributed by atoms with Crippen molar-refractivity contribution >= 4 is 11.9 Å². The topological polar surface area (TPSA) is 78.0 Å². The molecule has 3 N–H and O–H groups in total. The summed E-state index contributed by atoms with van der Waals surface area (Å²) in [6.07, 6.45) is 0. The normalized spacial score (nSPS) is 11.5. The maximum absolute atomic E-state index is 12.2. The van der Waals surface area contributed by atoms with Crippen LogP contribution in [-0.2, 0) is 11.3 Å². The summed E-state index contributed by atoms with van der Waals surface area (Å²) in [6, 6.07) is 7.58. The van der Waals surface area contributed by atoms with Crippen LogP contribution in [0.25, 0.3) is 0 Å². The molecular formula is C19H33N5O2. The van der Waals surface area contributed by atoms with Crippen molar-refractivity contribution in [3.8, 4) is 0 Å². The molecule has 0 bridgehead atoms. The Kier molecular flexibility index (Phi) is 11.1. The third-order valence-corrected chi connectivity index (χ3v) is 3.54. The van der Waals surface area contributed by atoms with Gasteiger partial charge in [-0.15, -0.1) is 0 Å². The third kappa shape index (κ3) is 9.39. The smallest absolute Gasteiger partial charge is 0.251 e. The SMILES string of the molecule is CCNC(=NCc1cccc(C(=O)NCCN(C)C)c1)NCCOCC. The summed E-state index contributed by atoms with van der Waals surface area (Å²) in [5.41, 5.74) is 1.65. The van der Waals surface area contributed by atoms with Crippen molar-refractivity contribution < 1.29 is 9.53 Å². The first-order valence-electron chi connectivity index (χ1n) is 9.18. The molecule has 7 nitrogen and oxygen atoms in total. The summed E-state index contributed by atoms with van der Waals surface area (Å²) in [5.74, 6) is 0.687. The first-order valence-corrected chi connectivity index (χ1v) is 9.18. The Morgan fingerprint density at radius 2 is 1.96 bits per heavy atom.